The lowest BCUT2D eigenvalue weighted by atomic mass is 9.85. The second kappa shape index (κ2) is 10.1. The SMILES string of the molecule is COc1ccc(Sc2ccc(C(C)=C3CCN(C4CCCC(C)C4)CC3)cc2)cc1. The number of nitrogens with zero attached hydrogens (tertiary/aromatic N) is 1. The number of rotatable bonds is 5. The lowest BCUT2D eigenvalue weighted by Gasteiger charge is -2.39. The van der Waals surface area contributed by atoms with Crippen molar-refractivity contribution < 1.29 is 4.74 Å². The molecule has 2 fully saturated rings. The lowest BCUT2D eigenvalue weighted by Crippen LogP contribution is -2.42. The van der Waals surface area contributed by atoms with Gasteiger partial charge in [0.1, 0.15) is 5.75 Å². The van der Waals surface area contributed by atoms with Gasteiger partial charge in [0.05, 0.1) is 7.11 Å². The summed E-state index contributed by atoms with van der Waals surface area (Å²) < 4.78 is 5.25. The van der Waals surface area contributed by atoms with Gasteiger partial charge in [0.2, 0.25) is 0 Å². The number of ether oxygens (including phenoxy) is 1. The number of hydrogen-bond donors (Lipinski definition) is 0. The Morgan fingerprint density at radius 2 is 1.57 bits per heavy atom. The van der Waals surface area contributed by atoms with Crippen molar-refractivity contribution in [3.63, 3.8) is 0 Å². The summed E-state index contributed by atoms with van der Waals surface area (Å²) in [5.41, 5.74) is 4.53. The number of allylic oxidation sites excluding steroid dienone is 1. The third-order valence-corrected chi connectivity index (χ3v) is 7.96. The van der Waals surface area contributed by atoms with Crippen LogP contribution in [0.3, 0.4) is 0 Å². The Morgan fingerprint density at radius 3 is 2.17 bits per heavy atom. The molecule has 160 valence electrons. The van der Waals surface area contributed by atoms with Gasteiger partial charge in [-0.2, -0.15) is 0 Å². The van der Waals surface area contributed by atoms with Gasteiger partial charge in [-0.15, -0.1) is 0 Å². The molecule has 1 saturated heterocycles. The first-order valence-electron chi connectivity index (χ1n) is 11.5. The quantitative estimate of drug-likeness (QED) is 0.503. The van der Waals surface area contributed by atoms with E-state index in [2.05, 4.69) is 55.1 Å². The van der Waals surface area contributed by atoms with Gasteiger partial charge in [-0.25, -0.2) is 0 Å². The van der Waals surface area contributed by atoms with E-state index in [-0.39, 0.29) is 0 Å². The Bertz CT molecular complexity index is 845. The van der Waals surface area contributed by atoms with Crippen molar-refractivity contribution in [2.24, 2.45) is 5.92 Å². The molecule has 1 saturated carbocycles. The standard InChI is InChI=1S/C27H35NOS/c1-20-5-4-6-24(19-20)28-17-15-23(16-18-28)21(2)22-7-11-26(12-8-22)30-27-13-9-25(29-3)10-14-27/h7-14,20,24H,4-6,15-19H2,1-3H3. The van der Waals surface area contributed by atoms with E-state index in [9.17, 15) is 0 Å². The van der Waals surface area contributed by atoms with Gasteiger partial charge in [-0.3, -0.25) is 4.90 Å². The van der Waals surface area contributed by atoms with E-state index in [0.29, 0.717) is 0 Å². The third-order valence-electron chi connectivity index (χ3n) is 6.94. The largest absolute Gasteiger partial charge is 0.497 e. The van der Waals surface area contributed by atoms with Crippen molar-refractivity contribution in [1.29, 1.82) is 0 Å². The summed E-state index contributed by atoms with van der Waals surface area (Å²) in [5, 5.41) is 0. The number of methoxy groups -OCH3 is 1. The molecule has 2 aromatic rings. The zero-order valence-corrected chi connectivity index (χ0v) is 19.5. The Hall–Kier alpha value is -1.71. The molecule has 2 aliphatic rings. The Kier molecular flexibility index (Phi) is 7.22. The van der Waals surface area contributed by atoms with Crippen LogP contribution in [-0.2, 0) is 0 Å². The van der Waals surface area contributed by atoms with E-state index >= 15 is 0 Å². The van der Waals surface area contributed by atoms with Crippen molar-refractivity contribution in [1.82, 2.24) is 4.90 Å². The van der Waals surface area contributed by atoms with Crippen LogP contribution >= 0.6 is 11.8 Å². The van der Waals surface area contributed by atoms with Gasteiger partial charge >= 0.3 is 0 Å². The van der Waals surface area contributed by atoms with Gasteiger partial charge in [0, 0.05) is 28.9 Å². The van der Waals surface area contributed by atoms with Crippen LogP contribution in [0.2, 0.25) is 0 Å². The maximum absolute atomic E-state index is 5.25. The van der Waals surface area contributed by atoms with Crippen LogP contribution < -0.4 is 4.74 Å². The first kappa shape index (κ1) is 21.5. The van der Waals surface area contributed by atoms with Crippen LogP contribution in [-0.4, -0.2) is 31.1 Å². The van der Waals surface area contributed by atoms with E-state index in [1.165, 1.54) is 72.5 Å². The second-order valence-corrected chi connectivity index (χ2v) is 10.1. The second-order valence-electron chi connectivity index (χ2n) is 8.99. The first-order chi connectivity index (χ1) is 14.6. The number of likely N-dealkylation sites (tertiary alicyclic amines) is 1. The minimum Gasteiger partial charge on any atom is -0.497 e. The van der Waals surface area contributed by atoms with E-state index < -0.39 is 0 Å². The van der Waals surface area contributed by atoms with Crippen LogP contribution in [0.15, 0.2) is 63.9 Å². The summed E-state index contributed by atoms with van der Waals surface area (Å²) >= 11 is 1.80. The fourth-order valence-corrected chi connectivity index (χ4v) is 5.84. The molecule has 0 bridgehead atoms. The zero-order chi connectivity index (χ0) is 20.9. The molecule has 1 aliphatic carbocycles. The van der Waals surface area contributed by atoms with E-state index in [4.69, 9.17) is 4.74 Å². The van der Waals surface area contributed by atoms with Crippen LogP contribution in [0.25, 0.3) is 5.57 Å². The van der Waals surface area contributed by atoms with Crippen LogP contribution in [0.4, 0.5) is 0 Å². The molecule has 0 amide bonds. The van der Waals surface area contributed by atoms with Crippen molar-refractivity contribution >= 4 is 17.3 Å². The molecule has 2 nitrogen and oxygen atoms in total. The molecule has 0 N–H and O–H groups in total. The number of piperidine rings is 1. The fraction of sp³-hybridized carbons (Fsp3) is 0.481. The van der Waals surface area contributed by atoms with Gasteiger partial charge < -0.3 is 4.74 Å². The summed E-state index contributed by atoms with van der Waals surface area (Å²) in [6, 6.07) is 18.2. The molecule has 0 radical (unpaired) electrons. The average Bonchev–Trinajstić information content (AvgIpc) is 2.80. The maximum Gasteiger partial charge on any atom is 0.118 e. The summed E-state index contributed by atoms with van der Waals surface area (Å²) in [6.07, 6.45) is 8.14. The monoisotopic (exact) mass is 421 g/mol. The number of benzene rings is 2. The highest BCUT2D eigenvalue weighted by atomic mass is 32.2. The summed E-state index contributed by atoms with van der Waals surface area (Å²) in [7, 11) is 1.71. The molecule has 2 atom stereocenters. The number of hydrogen-bond acceptors (Lipinski definition) is 3. The summed E-state index contributed by atoms with van der Waals surface area (Å²) in [4.78, 5) is 5.30. The summed E-state index contributed by atoms with van der Waals surface area (Å²) in [5.74, 6) is 1.82. The summed E-state index contributed by atoms with van der Waals surface area (Å²) in [6.45, 7) is 7.24. The van der Waals surface area contributed by atoms with Crippen LogP contribution in [0.1, 0.15) is 57.9 Å². The van der Waals surface area contributed by atoms with E-state index in [1.54, 1.807) is 24.4 Å². The zero-order valence-electron chi connectivity index (χ0n) is 18.7. The molecular weight excluding hydrogens is 386 g/mol. The molecule has 1 heterocycles. The normalized spacial score (nSPS) is 22.7. The molecule has 2 unspecified atom stereocenters. The first-order valence-corrected chi connectivity index (χ1v) is 12.3. The molecule has 3 heteroatoms. The molecule has 1 aliphatic heterocycles. The maximum atomic E-state index is 5.25. The average molecular weight is 422 g/mol. The smallest absolute Gasteiger partial charge is 0.118 e. The lowest BCUT2D eigenvalue weighted by molar-refractivity contribution is 0.126. The molecule has 2 aromatic carbocycles. The van der Waals surface area contributed by atoms with E-state index in [1.807, 2.05) is 12.1 Å². The minimum atomic E-state index is 0.838. The van der Waals surface area contributed by atoms with Crippen molar-refractivity contribution in [3.05, 3.63) is 59.7 Å². The van der Waals surface area contributed by atoms with Crippen molar-refractivity contribution in [2.75, 3.05) is 20.2 Å². The Balaban J connectivity index is 1.36. The predicted octanol–water partition coefficient (Wildman–Crippen LogP) is 7.29. The van der Waals surface area contributed by atoms with Crippen LogP contribution in [0, 0.1) is 5.92 Å². The highest BCUT2D eigenvalue weighted by molar-refractivity contribution is 7.99. The predicted molar refractivity (Wildman–Crippen MR) is 128 cm³/mol. The van der Waals surface area contributed by atoms with Crippen molar-refractivity contribution in [3.8, 4) is 5.75 Å². The minimum absolute atomic E-state index is 0.838. The molecule has 4 rings (SSSR count). The highest BCUT2D eigenvalue weighted by Gasteiger charge is 2.27. The van der Waals surface area contributed by atoms with Gasteiger partial charge in [0.25, 0.3) is 0 Å². The molecule has 0 spiro atoms. The van der Waals surface area contributed by atoms with Crippen LogP contribution in [0.5, 0.6) is 5.75 Å². The van der Waals surface area contributed by atoms with Gasteiger partial charge in [-0.05, 0) is 86.1 Å². The molecular formula is C27H35NOS. The van der Waals surface area contributed by atoms with Crippen molar-refractivity contribution in [2.45, 2.75) is 68.2 Å². The fourth-order valence-electron chi connectivity index (χ4n) is 5.02. The molecule has 0 aromatic heterocycles. The van der Waals surface area contributed by atoms with E-state index in [0.717, 1.165) is 17.7 Å². The Morgan fingerprint density at radius 1 is 0.933 bits per heavy atom. The molecule has 30 heavy (non-hydrogen) atoms. The van der Waals surface area contributed by atoms with Gasteiger partial charge in [-0.1, -0.05) is 49.2 Å². The van der Waals surface area contributed by atoms with Gasteiger partial charge in [0.15, 0.2) is 0 Å². The Labute approximate surface area is 186 Å². The third kappa shape index (κ3) is 5.31. The highest BCUT2D eigenvalue weighted by Crippen LogP contribution is 2.34. The topological polar surface area (TPSA) is 12.5 Å².